The molecule has 3 aromatic rings. The first kappa shape index (κ1) is 15.4. The van der Waals surface area contributed by atoms with Crippen molar-refractivity contribution in [1.29, 1.82) is 0 Å². The molecule has 5 nitrogen and oxygen atoms in total. The summed E-state index contributed by atoms with van der Waals surface area (Å²) in [7, 11) is 0. The molecule has 0 atom stereocenters. The zero-order valence-electron chi connectivity index (χ0n) is 13.1. The molecule has 0 aliphatic rings. The fourth-order valence-corrected chi connectivity index (χ4v) is 3.13. The number of pyridine rings is 1. The van der Waals surface area contributed by atoms with E-state index < -0.39 is 0 Å². The van der Waals surface area contributed by atoms with E-state index in [1.54, 1.807) is 6.20 Å². The van der Waals surface area contributed by atoms with Gasteiger partial charge >= 0.3 is 0 Å². The molecule has 0 bridgehead atoms. The number of aromatic nitrogens is 3. The van der Waals surface area contributed by atoms with Crippen LogP contribution >= 0.6 is 11.3 Å². The predicted octanol–water partition coefficient (Wildman–Crippen LogP) is 3.65. The monoisotopic (exact) mass is 326 g/mol. The van der Waals surface area contributed by atoms with E-state index in [4.69, 9.17) is 0 Å². The Kier molecular flexibility index (Phi) is 4.52. The number of thiazole rings is 1. The van der Waals surface area contributed by atoms with Crippen LogP contribution in [0.5, 0.6) is 0 Å². The Labute approximate surface area is 139 Å². The van der Waals surface area contributed by atoms with E-state index in [9.17, 15) is 4.79 Å². The van der Waals surface area contributed by atoms with Gasteiger partial charge in [-0.25, -0.2) is 4.98 Å². The van der Waals surface area contributed by atoms with E-state index in [1.165, 1.54) is 22.7 Å². The number of hydrogen-bond donors (Lipinski definition) is 1. The lowest BCUT2D eigenvalue weighted by molar-refractivity contribution is -0.116. The van der Waals surface area contributed by atoms with Crippen molar-refractivity contribution < 1.29 is 4.79 Å². The Morgan fingerprint density at radius 1 is 1.17 bits per heavy atom. The maximum Gasteiger partial charge on any atom is 0.227 e. The first-order chi connectivity index (χ1) is 11.1. The molecule has 0 saturated heterocycles. The van der Waals surface area contributed by atoms with Gasteiger partial charge in [-0.2, -0.15) is 0 Å². The lowest BCUT2D eigenvalue weighted by Gasteiger charge is -2.08. The van der Waals surface area contributed by atoms with Crippen molar-refractivity contribution >= 4 is 22.4 Å². The van der Waals surface area contributed by atoms with Gasteiger partial charge in [0.1, 0.15) is 5.69 Å². The average Bonchev–Trinajstić information content (AvgIpc) is 3.14. The number of carbonyl (C=O) groups excluding carboxylic acids is 1. The zero-order valence-corrected chi connectivity index (χ0v) is 13.9. The van der Waals surface area contributed by atoms with E-state index in [1.807, 2.05) is 37.4 Å². The standard InChI is InChI=1S/C17H18N4OS/c1-12-6-7-13(2)21(12)10-8-16(22)20-17-19-15(11-23-17)14-5-3-4-9-18-14/h3-7,9,11H,8,10H2,1-2H3,(H,19,20,22). The molecule has 3 rings (SSSR count). The second-order valence-electron chi connectivity index (χ2n) is 5.32. The van der Waals surface area contributed by atoms with E-state index >= 15 is 0 Å². The van der Waals surface area contributed by atoms with Gasteiger partial charge in [-0.05, 0) is 38.1 Å². The van der Waals surface area contributed by atoms with Crippen molar-refractivity contribution in [2.75, 3.05) is 5.32 Å². The smallest absolute Gasteiger partial charge is 0.227 e. The minimum atomic E-state index is -0.0283. The Balaban J connectivity index is 1.59. The van der Waals surface area contributed by atoms with Crippen molar-refractivity contribution in [3.8, 4) is 11.4 Å². The predicted molar refractivity (Wildman–Crippen MR) is 92.5 cm³/mol. The first-order valence-corrected chi connectivity index (χ1v) is 8.31. The number of hydrogen-bond acceptors (Lipinski definition) is 4. The molecule has 0 aliphatic heterocycles. The summed E-state index contributed by atoms with van der Waals surface area (Å²) >= 11 is 1.41. The molecule has 118 valence electrons. The van der Waals surface area contributed by atoms with Crippen LogP contribution in [-0.4, -0.2) is 20.4 Å². The summed E-state index contributed by atoms with van der Waals surface area (Å²) < 4.78 is 2.14. The molecular weight excluding hydrogens is 308 g/mol. The number of rotatable bonds is 5. The molecule has 1 amide bonds. The van der Waals surface area contributed by atoms with Crippen molar-refractivity contribution in [2.24, 2.45) is 0 Å². The van der Waals surface area contributed by atoms with Crippen LogP contribution in [0, 0.1) is 13.8 Å². The van der Waals surface area contributed by atoms with Gasteiger partial charge in [-0.3, -0.25) is 9.78 Å². The molecular formula is C17H18N4OS. The average molecular weight is 326 g/mol. The summed E-state index contributed by atoms with van der Waals surface area (Å²) in [6.07, 6.45) is 2.16. The SMILES string of the molecule is Cc1ccc(C)n1CCC(=O)Nc1nc(-c2ccccn2)cs1. The van der Waals surface area contributed by atoms with E-state index in [0.29, 0.717) is 18.1 Å². The first-order valence-electron chi connectivity index (χ1n) is 7.43. The number of amides is 1. The molecule has 0 saturated carbocycles. The van der Waals surface area contributed by atoms with Crippen LogP contribution in [0.4, 0.5) is 5.13 Å². The lowest BCUT2D eigenvalue weighted by Crippen LogP contribution is -2.15. The van der Waals surface area contributed by atoms with Crippen molar-refractivity contribution in [1.82, 2.24) is 14.5 Å². The van der Waals surface area contributed by atoms with Crippen LogP contribution < -0.4 is 5.32 Å². The van der Waals surface area contributed by atoms with Crippen molar-refractivity contribution in [3.63, 3.8) is 0 Å². The highest BCUT2D eigenvalue weighted by atomic mass is 32.1. The highest BCUT2D eigenvalue weighted by Crippen LogP contribution is 2.23. The highest BCUT2D eigenvalue weighted by molar-refractivity contribution is 7.14. The molecule has 0 aliphatic carbocycles. The van der Waals surface area contributed by atoms with E-state index in [0.717, 1.165) is 11.4 Å². The van der Waals surface area contributed by atoms with Crippen LogP contribution in [0.25, 0.3) is 11.4 Å². The van der Waals surface area contributed by atoms with Gasteiger partial charge in [0, 0.05) is 35.9 Å². The lowest BCUT2D eigenvalue weighted by atomic mass is 10.3. The van der Waals surface area contributed by atoms with E-state index in [2.05, 4.69) is 32.0 Å². The summed E-state index contributed by atoms with van der Waals surface area (Å²) in [5.74, 6) is -0.0283. The highest BCUT2D eigenvalue weighted by Gasteiger charge is 2.09. The number of aryl methyl sites for hydroxylation is 2. The van der Waals surface area contributed by atoms with Gasteiger partial charge < -0.3 is 9.88 Å². The Morgan fingerprint density at radius 2 is 1.96 bits per heavy atom. The van der Waals surface area contributed by atoms with Gasteiger partial charge in [0.15, 0.2) is 5.13 Å². The molecule has 6 heteroatoms. The summed E-state index contributed by atoms with van der Waals surface area (Å²) in [4.78, 5) is 20.8. The number of anilines is 1. The molecule has 0 unspecified atom stereocenters. The fourth-order valence-electron chi connectivity index (χ4n) is 2.41. The molecule has 1 N–H and O–H groups in total. The summed E-state index contributed by atoms with van der Waals surface area (Å²) in [6.45, 7) is 4.77. The summed E-state index contributed by atoms with van der Waals surface area (Å²) in [5, 5.41) is 5.37. The van der Waals surface area contributed by atoms with Gasteiger partial charge in [-0.1, -0.05) is 6.07 Å². The largest absolute Gasteiger partial charge is 0.349 e. The van der Waals surface area contributed by atoms with Crippen LogP contribution in [0.1, 0.15) is 17.8 Å². The molecule has 3 aromatic heterocycles. The second-order valence-corrected chi connectivity index (χ2v) is 6.18. The third kappa shape index (κ3) is 3.65. The summed E-state index contributed by atoms with van der Waals surface area (Å²) in [5.41, 5.74) is 3.93. The van der Waals surface area contributed by atoms with Crippen LogP contribution in [0.2, 0.25) is 0 Å². The maximum atomic E-state index is 12.1. The van der Waals surface area contributed by atoms with Gasteiger partial charge in [-0.15, -0.1) is 11.3 Å². The van der Waals surface area contributed by atoms with E-state index in [-0.39, 0.29) is 5.91 Å². The number of carbonyl (C=O) groups is 1. The van der Waals surface area contributed by atoms with Crippen LogP contribution in [0.3, 0.4) is 0 Å². The zero-order chi connectivity index (χ0) is 16.2. The van der Waals surface area contributed by atoms with Crippen LogP contribution in [0.15, 0.2) is 41.9 Å². The van der Waals surface area contributed by atoms with Crippen LogP contribution in [-0.2, 0) is 11.3 Å². The topological polar surface area (TPSA) is 59.8 Å². The number of nitrogens with one attached hydrogen (secondary N) is 1. The Hall–Kier alpha value is -2.47. The fraction of sp³-hybridized carbons (Fsp3) is 0.235. The number of nitrogens with zero attached hydrogens (tertiary/aromatic N) is 3. The van der Waals surface area contributed by atoms with Gasteiger partial charge in [0.25, 0.3) is 0 Å². The minimum Gasteiger partial charge on any atom is -0.349 e. The molecule has 0 fully saturated rings. The second kappa shape index (κ2) is 6.75. The van der Waals surface area contributed by atoms with Crippen molar-refractivity contribution in [2.45, 2.75) is 26.8 Å². The quantitative estimate of drug-likeness (QED) is 0.778. The molecule has 3 heterocycles. The minimum absolute atomic E-state index is 0.0283. The third-order valence-corrected chi connectivity index (χ3v) is 4.42. The maximum absolute atomic E-state index is 12.1. The molecule has 0 radical (unpaired) electrons. The molecule has 0 spiro atoms. The third-order valence-electron chi connectivity index (χ3n) is 3.66. The van der Waals surface area contributed by atoms with Gasteiger partial charge in [0.05, 0.1) is 5.69 Å². The van der Waals surface area contributed by atoms with Gasteiger partial charge in [0.2, 0.25) is 5.91 Å². The Bertz CT molecular complexity index is 788. The summed E-state index contributed by atoms with van der Waals surface area (Å²) in [6, 6.07) is 9.81. The normalized spacial score (nSPS) is 10.7. The molecule has 23 heavy (non-hydrogen) atoms. The Morgan fingerprint density at radius 3 is 2.65 bits per heavy atom. The van der Waals surface area contributed by atoms with Crippen molar-refractivity contribution in [3.05, 3.63) is 53.3 Å². The molecule has 0 aromatic carbocycles.